The second-order valence-electron chi connectivity index (χ2n) is 8.52. The standard InChI is InChI=1S/C25H29FN2O3/c1-18(29)28-15-14-27(17-22(28)21-10-3-4-11-23(21)31-2)24(30)25(12-5-6-13-25)19-8-7-9-20(26)16-19/h3-4,7-11,16,22H,5-6,12-15,17H2,1-2H3/t22-/m1/s1. The maximum Gasteiger partial charge on any atom is 0.233 e. The van der Waals surface area contributed by atoms with Crippen LogP contribution in [0.5, 0.6) is 5.75 Å². The van der Waals surface area contributed by atoms with E-state index in [-0.39, 0.29) is 23.7 Å². The Morgan fingerprint density at radius 2 is 1.81 bits per heavy atom. The summed E-state index contributed by atoms with van der Waals surface area (Å²) in [7, 11) is 1.61. The number of nitrogens with zero attached hydrogens (tertiary/aromatic N) is 2. The molecule has 0 N–H and O–H groups in total. The van der Waals surface area contributed by atoms with Crippen molar-refractivity contribution < 1.29 is 18.7 Å². The smallest absolute Gasteiger partial charge is 0.233 e. The summed E-state index contributed by atoms with van der Waals surface area (Å²) >= 11 is 0. The molecule has 2 fully saturated rings. The Morgan fingerprint density at radius 1 is 1.06 bits per heavy atom. The number of piperazine rings is 1. The van der Waals surface area contributed by atoms with Crippen LogP contribution in [-0.2, 0) is 15.0 Å². The molecular formula is C25H29FN2O3. The first kappa shape index (κ1) is 21.3. The SMILES string of the molecule is COc1ccccc1[C@H]1CN(C(=O)C2(c3cccc(F)c3)CCCC2)CCN1C(C)=O. The molecule has 0 bridgehead atoms. The Bertz CT molecular complexity index is 971. The molecule has 0 unspecified atom stereocenters. The van der Waals surface area contributed by atoms with Crippen LogP contribution < -0.4 is 4.74 Å². The lowest BCUT2D eigenvalue weighted by Gasteiger charge is -2.44. The summed E-state index contributed by atoms with van der Waals surface area (Å²) in [6, 6.07) is 13.8. The van der Waals surface area contributed by atoms with Crippen molar-refractivity contribution in [1.29, 1.82) is 0 Å². The fraction of sp³-hybridized carbons (Fsp3) is 0.440. The van der Waals surface area contributed by atoms with E-state index in [1.54, 1.807) is 20.1 Å². The molecule has 31 heavy (non-hydrogen) atoms. The number of carbonyl (C=O) groups is 2. The van der Waals surface area contributed by atoms with E-state index in [9.17, 15) is 14.0 Å². The third-order valence-electron chi connectivity index (χ3n) is 6.81. The van der Waals surface area contributed by atoms with E-state index in [1.165, 1.54) is 12.1 Å². The molecule has 6 heteroatoms. The second-order valence-corrected chi connectivity index (χ2v) is 8.52. The van der Waals surface area contributed by atoms with E-state index in [2.05, 4.69) is 0 Å². The quantitative estimate of drug-likeness (QED) is 0.743. The second kappa shape index (κ2) is 8.69. The Kier molecular flexibility index (Phi) is 5.99. The molecule has 1 aliphatic carbocycles. The summed E-state index contributed by atoms with van der Waals surface area (Å²) in [5.41, 5.74) is 0.966. The fourth-order valence-electron chi connectivity index (χ4n) is 5.25. The van der Waals surface area contributed by atoms with Crippen LogP contribution in [0, 0.1) is 5.82 Å². The lowest BCUT2D eigenvalue weighted by molar-refractivity contribution is -0.145. The molecule has 1 heterocycles. The molecule has 1 saturated carbocycles. The molecule has 4 rings (SSSR count). The van der Waals surface area contributed by atoms with E-state index in [1.807, 2.05) is 40.1 Å². The molecule has 0 spiro atoms. The van der Waals surface area contributed by atoms with Crippen LogP contribution >= 0.6 is 0 Å². The molecule has 164 valence electrons. The monoisotopic (exact) mass is 424 g/mol. The van der Waals surface area contributed by atoms with Gasteiger partial charge in [0.1, 0.15) is 11.6 Å². The van der Waals surface area contributed by atoms with Crippen molar-refractivity contribution in [2.45, 2.75) is 44.1 Å². The van der Waals surface area contributed by atoms with E-state index < -0.39 is 5.41 Å². The summed E-state index contributed by atoms with van der Waals surface area (Å²) < 4.78 is 19.6. The number of rotatable bonds is 4. The van der Waals surface area contributed by atoms with Gasteiger partial charge in [-0.3, -0.25) is 9.59 Å². The topological polar surface area (TPSA) is 49.9 Å². The number of halogens is 1. The van der Waals surface area contributed by atoms with Gasteiger partial charge in [0.2, 0.25) is 11.8 Å². The summed E-state index contributed by atoms with van der Waals surface area (Å²) in [5.74, 6) is 0.404. The molecule has 1 aliphatic heterocycles. The highest BCUT2D eigenvalue weighted by molar-refractivity contribution is 5.89. The molecule has 5 nitrogen and oxygen atoms in total. The molecule has 1 saturated heterocycles. The Morgan fingerprint density at radius 3 is 2.48 bits per heavy atom. The first-order chi connectivity index (χ1) is 15.0. The summed E-state index contributed by atoms with van der Waals surface area (Å²) in [4.78, 5) is 30.0. The highest BCUT2D eigenvalue weighted by Crippen LogP contribution is 2.44. The summed E-state index contributed by atoms with van der Waals surface area (Å²) in [6.45, 7) is 2.89. The predicted octanol–water partition coefficient (Wildman–Crippen LogP) is 4.08. The van der Waals surface area contributed by atoms with Crippen LogP contribution in [0.15, 0.2) is 48.5 Å². The van der Waals surface area contributed by atoms with E-state index in [0.717, 1.165) is 36.8 Å². The number of benzene rings is 2. The van der Waals surface area contributed by atoms with Crippen molar-refractivity contribution in [2.75, 3.05) is 26.7 Å². The molecule has 0 aromatic heterocycles. The molecule has 2 amide bonds. The maximum atomic E-state index is 14.0. The maximum absolute atomic E-state index is 14.0. The Hall–Kier alpha value is -2.89. The lowest BCUT2D eigenvalue weighted by Crippen LogP contribution is -2.56. The number of amides is 2. The van der Waals surface area contributed by atoms with Gasteiger partial charge in [0.15, 0.2) is 0 Å². The van der Waals surface area contributed by atoms with Crippen molar-refractivity contribution in [1.82, 2.24) is 9.80 Å². The van der Waals surface area contributed by atoms with E-state index in [4.69, 9.17) is 4.74 Å². The molecule has 0 radical (unpaired) electrons. The average molecular weight is 425 g/mol. The van der Waals surface area contributed by atoms with Gasteiger partial charge in [0.25, 0.3) is 0 Å². The van der Waals surface area contributed by atoms with Gasteiger partial charge in [0.05, 0.1) is 18.6 Å². The number of carbonyl (C=O) groups excluding carboxylic acids is 2. The van der Waals surface area contributed by atoms with Gasteiger partial charge in [-0.1, -0.05) is 43.2 Å². The molecule has 2 aromatic carbocycles. The minimum Gasteiger partial charge on any atom is -0.496 e. The van der Waals surface area contributed by atoms with Crippen molar-refractivity contribution >= 4 is 11.8 Å². The van der Waals surface area contributed by atoms with Crippen LogP contribution in [0.4, 0.5) is 4.39 Å². The zero-order valence-corrected chi connectivity index (χ0v) is 18.1. The van der Waals surface area contributed by atoms with E-state index in [0.29, 0.717) is 25.4 Å². The van der Waals surface area contributed by atoms with Gasteiger partial charge in [0, 0.05) is 32.1 Å². The van der Waals surface area contributed by atoms with Crippen molar-refractivity contribution in [3.63, 3.8) is 0 Å². The van der Waals surface area contributed by atoms with Gasteiger partial charge in [-0.05, 0) is 36.6 Å². The van der Waals surface area contributed by atoms with Gasteiger partial charge < -0.3 is 14.5 Å². The normalized spacial score (nSPS) is 20.5. The van der Waals surface area contributed by atoms with Crippen molar-refractivity contribution in [2.24, 2.45) is 0 Å². The highest BCUT2D eigenvalue weighted by Gasteiger charge is 2.47. The minimum atomic E-state index is -0.689. The summed E-state index contributed by atoms with van der Waals surface area (Å²) in [5, 5.41) is 0. The number of hydrogen-bond acceptors (Lipinski definition) is 3. The minimum absolute atomic E-state index is 0.0243. The lowest BCUT2D eigenvalue weighted by atomic mass is 9.77. The van der Waals surface area contributed by atoms with Crippen LogP contribution in [0.1, 0.15) is 49.8 Å². The molecule has 1 atom stereocenters. The van der Waals surface area contributed by atoms with Crippen molar-refractivity contribution in [3.05, 3.63) is 65.5 Å². The fourth-order valence-corrected chi connectivity index (χ4v) is 5.25. The predicted molar refractivity (Wildman–Crippen MR) is 116 cm³/mol. The molecular weight excluding hydrogens is 395 g/mol. The summed E-state index contributed by atoms with van der Waals surface area (Å²) in [6.07, 6.45) is 3.35. The van der Waals surface area contributed by atoms with Crippen LogP contribution in [0.3, 0.4) is 0 Å². The van der Waals surface area contributed by atoms with Gasteiger partial charge in [-0.2, -0.15) is 0 Å². The third-order valence-corrected chi connectivity index (χ3v) is 6.81. The average Bonchev–Trinajstić information content (AvgIpc) is 3.29. The van der Waals surface area contributed by atoms with Gasteiger partial charge in [-0.25, -0.2) is 4.39 Å². The molecule has 2 aliphatic rings. The third kappa shape index (κ3) is 3.91. The molecule has 2 aromatic rings. The first-order valence-corrected chi connectivity index (χ1v) is 10.9. The van der Waals surface area contributed by atoms with Gasteiger partial charge in [-0.15, -0.1) is 0 Å². The number of methoxy groups -OCH3 is 1. The van der Waals surface area contributed by atoms with Crippen LogP contribution in [0.2, 0.25) is 0 Å². The Labute approximate surface area is 182 Å². The zero-order valence-electron chi connectivity index (χ0n) is 18.1. The van der Waals surface area contributed by atoms with Gasteiger partial charge >= 0.3 is 0 Å². The Balaban J connectivity index is 1.68. The van der Waals surface area contributed by atoms with Crippen LogP contribution in [0.25, 0.3) is 0 Å². The first-order valence-electron chi connectivity index (χ1n) is 10.9. The van der Waals surface area contributed by atoms with Crippen molar-refractivity contribution in [3.8, 4) is 5.75 Å². The largest absolute Gasteiger partial charge is 0.496 e. The highest BCUT2D eigenvalue weighted by atomic mass is 19.1. The zero-order chi connectivity index (χ0) is 22.0. The van der Waals surface area contributed by atoms with E-state index >= 15 is 0 Å². The van der Waals surface area contributed by atoms with Crippen LogP contribution in [-0.4, -0.2) is 48.4 Å². The number of ether oxygens (including phenoxy) is 1. The number of para-hydroxylation sites is 1. The number of hydrogen-bond donors (Lipinski definition) is 0.